The molecule has 0 amide bonds. The van der Waals surface area contributed by atoms with Crippen molar-refractivity contribution >= 4 is 17.7 Å². The van der Waals surface area contributed by atoms with Gasteiger partial charge in [-0.25, -0.2) is 0 Å². The zero-order valence-electron chi connectivity index (χ0n) is 9.41. The number of carboxylic acids is 1. The summed E-state index contributed by atoms with van der Waals surface area (Å²) < 4.78 is 5.30. The van der Waals surface area contributed by atoms with Crippen molar-refractivity contribution in [1.82, 2.24) is 5.32 Å². The highest BCUT2D eigenvalue weighted by Crippen LogP contribution is 2.28. The summed E-state index contributed by atoms with van der Waals surface area (Å²) in [6.07, 6.45) is 2.53. The van der Waals surface area contributed by atoms with Crippen molar-refractivity contribution in [3.63, 3.8) is 0 Å². The third kappa shape index (κ3) is 2.70. The second-order valence-electron chi connectivity index (χ2n) is 4.61. The molecule has 92 valence electrons. The van der Waals surface area contributed by atoms with Gasteiger partial charge in [0.2, 0.25) is 0 Å². The first-order chi connectivity index (χ1) is 7.73. The summed E-state index contributed by atoms with van der Waals surface area (Å²) in [7, 11) is 0. The molecule has 2 aliphatic heterocycles. The molecule has 0 aliphatic carbocycles. The molecular weight excluding hydrogens is 226 g/mol. The molecule has 16 heavy (non-hydrogen) atoms. The van der Waals surface area contributed by atoms with E-state index in [2.05, 4.69) is 5.32 Å². The molecule has 2 heterocycles. The highest BCUT2D eigenvalue weighted by Gasteiger charge is 2.39. The van der Waals surface area contributed by atoms with Crippen molar-refractivity contribution in [3.05, 3.63) is 0 Å². The van der Waals surface area contributed by atoms with Gasteiger partial charge in [0.1, 0.15) is 5.54 Å². The molecule has 0 aromatic heterocycles. The molecule has 0 radical (unpaired) electrons. The Bertz CT molecular complexity index is 248. The normalized spacial score (nSPS) is 29.1. The molecule has 2 aliphatic rings. The van der Waals surface area contributed by atoms with E-state index < -0.39 is 11.5 Å². The number of aliphatic carboxylic acids is 1. The van der Waals surface area contributed by atoms with Crippen LogP contribution in [0.1, 0.15) is 19.3 Å². The topological polar surface area (TPSA) is 58.6 Å². The average Bonchev–Trinajstić information content (AvgIpc) is 2.80. The molecule has 0 saturated carbocycles. The second-order valence-corrected chi connectivity index (χ2v) is 5.83. The van der Waals surface area contributed by atoms with Crippen LogP contribution in [0, 0.1) is 5.92 Å². The predicted molar refractivity (Wildman–Crippen MR) is 63.9 cm³/mol. The Morgan fingerprint density at radius 1 is 1.50 bits per heavy atom. The van der Waals surface area contributed by atoms with Crippen molar-refractivity contribution in [1.29, 1.82) is 0 Å². The molecule has 0 aromatic rings. The quantitative estimate of drug-likeness (QED) is 0.772. The molecular formula is C11H19NO3S. The molecule has 1 atom stereocenters. The fourth-order valence-corrected chi connectivity index (χ4v) is 3.46. The van der Waals surface area contributed by atoms with Gasteiger partial charge in [-0.2, -0.15) is 11.8 Å². The highest BCUT2D eigenvalue weighted by atomic mass is 32.2. The zero-order valence-corrected chi connectivity index (χ0v) is 10.2. The number of ether oxygens (including phenoxy) is 1. The lowest BCUT2D eigenvalue weighted by atomic mass is 9.91. The fraction of sp³-hybridized carbons (Fsp3) is 0.909. The third-order valence-corrected chi connectivity index (χ3v) is 4.49. The van der Waals surface area contributed by atoms with Gasteiger partial charge in [-0.15, -0.1) is 0 Å². The van der Waals surface area contributed by atoms with Crippen molar-refractivity contribution in [2.45, 2.75) is 24.8 Å². The number of hydrogen-bond donors (Lipinski definition) is 2. The number of thioether (sulfide) groups is 1. The minimum atomic E-state index is -0.688. The molecule has 2 rings (SSSR count). The van der Waals surface area contributed by atoms with Crippen LogP contribution in [-0.4, -0.2) is 47.9 Å². The Morgan fingerprint density at radius 2 is 2.25 bits per heavy atom. The lowest BCUT2D eigenvalue weighted by Gasteiger charge is -2.34. The standard InChI is InChI=1S/C11H19NO3S/c13-10(14)11(2-5-16-6-3-11)12-7-9-1-4-15-8-9/h9,12H,1-8H2,(H,13,14). The van der Waals surface area contributed by atoms with Crippen molar-refractivity contribution in [3.8, 4) is 0 Å². The van der Waals surface area contributed by atoms with Crippen LogP contribution in [0.25, 0.3) is 0 Å². The van der Waals surface area contributed by atoms with Gasteiger partial charge in [0.15, 0.2) is 0 Å². The first-order valence-electron chi connectivity index (χ1n) is 5.87. The van der Waals surface area contributed by atoms with Crippen LogP contribution in [0.15, 0.2) is 0 Å². The lowest BCUT2D eigenvalue weighted by molar-refractivity contribution is -0.145. The molecule has 0 aromatic carbocycles. The maximum Gasteiger partial charge on any atom is 0.323 e. The van der Waals surface area contributed by atoms with Crippen molar-refractivity contribution in [2.24, 2.45) is 5.92 Å². The molecule has 2 N–H and O–H groups in total. The number of rotatable bonds is 4. The largest absolute Gasteiger partial charge is 0.480 e. The molecule has 0 spiro atoms. The summed E-state index contributed by atoms with van der Waals surface area (Å²) in [4.78, 5) is 11.4. The SMILES string of the molecule is O=C(O)C1(NCC2CCOC2)CCSCC1. The monoisotopic (exact) mass is 245 g/mol. The van der Waals surface area contributed by atoms with E-state index in [1.54, 1.807) is 0 Å². The fourth-order valence-electron chi connectivity index (χ4n) is 2.27. The van der Waals surface area contributed by atoms with Crippen LogP contribution in [0.2, 0.25) is 0 Å². The summed E-state index contributed by atoms with van der Waals surface area (Å²) >= 11 is 1.84. The zero-order chi connectivity index (χ0) is 11.4. The van der Waals surface area contributed by atoms with Gasteiger partial charge in [0, 0.05) is 13.2 Å². The molecule has 1 unspecified atom stereocenters. The molecule has 2 saturated heterocycles. The van der Waals surface area contributed by atoms with Crippen LogP contribution in [0.4, 0.5) is 0 Å². The van der Waals surface area contributed by atoms with E-state index >= 15 is 0 Å². The van der Waals surface area contributed by atoms with E-state index in [1.165, 1.54) is 0 Å². The number of carboxylic acid groups (broad SMARTS) is 1. The lowest BCUT2D eigenvalue weighted by Crippen LogP contribution is -2.55. The Morgan fingerprint density at radius 3 is 2.81 bits per heavy atom. The van der Waals surface area contributed by atoms with Crippen molar-refractivity contribution < 1.29 is 14.6 Å². The molecule has 5 heteroatoms. The number of hydrogen-bond acceptors (Lipinski definition) is 4. The summed E-state index contributed by atoms with van der Waals surface area (Å²) in [6.45, 7) is 2.37. The minimum absolute atomic E-state index is 0.491. The van der Waals surface area contributed by atoms with E-state index in [0.717, 1.165) is 50.5 Å². The minimum Gasteiger partial charge on any atom is -0.480 e. The highest BCUT2D eigenvalue weighted by molar-refractivity contribution is 7.99. The first-order valence-corrected chi connectivity index (χ1v) is 7.02. The second kappa shape index (κ2) is 5.38. The predicted octanol–water partition coefficient (Wildman–Crippen LogP) is 0.963. The van der Waals surface area contributed by atoms with E-state index in [4.69, 9.17) is 4.74 Å². The van der Waals surface area contributed by atoms with Crippen LogP contribution in [0.3, 0.4) is 0 Å². The smallest absolute Gasteiger partial charge is 0.323 e. The van der Waals surface area contributed by atoms with E-state index in [1.807, 2.05) is 11.8 Å². The van der Waals surface area contributed by atoms with Crippen LogP contribution < -0.4 is 5.32 Å². The van der Waals surface area contributed by atoms with E-state index in [9.17, 15) is 9.90 Å². The van der Waals surface area contributed by atoms with Gasteiger partial charge in [-0.1, -0.05) is 0 Å². The van der Waals surface area contributed by atoms with Gasteiger partial charge in [0.05, 0.1) is 6.61 Å². The van der Waals surface area contributed by atoms with Crippen LogP contribution in [-0.2, 0) is 9.53 Å². The van der Waals surface area contributed by atoms with Gasteiger partial charge in [-0.3, -0.25) is 4.79 Å². The maximum atomic E-state index is 11.4. The van der Waals surface area contributed by atoms with Gasteiger partial charge < -0.3 is 15.2 Å². The number of nitrogens with one attached hydrogen (secondary N) is 1. The average molecular weight is 245 g/mol. The Balaban J connectivity index is 1.88. The summed E-state index contributed by atoms with van der Waals surface area (Å²) in [5.41, 5.74) is -0.673. The van der Waals surface area contributed by atoms with Crippen molar-refractivity contribution in [2.75, 3.05) is 31.3 Å². The third-order valence-electron chi connectivity index (χ3n) is 3.51. The molecule has 0 bridgehead atoms. The Hall–Kier alpha value is -0.260. The Kier molecular flexibility index (Phi) is 4.10. The maximum absolute atomic E-state index is 11.4. The summed E-state index contributed by atoms with van der Waals surface area (Å²) in [5.74, 6) is 1.69. The van der Waals surface area contributed by atoms with Crippen LogP contribution in [0.5, 0.6) is 0 Å². The molecule has 2 fully saturated rings. The number of carbonyl (C=O) groups is 1. The van der Waals surface area contributed by atoms with Crippen LogP contribution >= 0.6 is 11.8 Å². The Labute approximate surface area is 100 Å². The van der Waals surface area contributed by atoms with Gasteiger partial charge in [-0.05, 0) is 36.7 Å². The van der Waals surface area contributed by atoms with Gasteiger partial charge in [0.25, 0.3) is 0 Å². The summed E-state index contributed by atoms with van der Waals surface area (Å²) in [6, 6.07) is 0. The molecule has 4 nitrogen and oxygen atoms in total. The van der Waals surface area contributed by atoms with E-state index in [-0.39, 0.29) is 0 Å². The van der Waals surface area contributed by atoms with Gasteiger partial charge >= 0.3 is 5.97 Å². The first kappa shape index (κ1) is 12.2. The van der Waals surface area contributed by atoms with E-state index in [0.29, 0.717) is 5.92 Å². The summed E-state index contributed by atoms with van der Waals surface area (Å²) in [5, 5.41) is 12.6.